The van der Waals surface area contributed by atoms with Crippen LogP contribution in [0.3, 0.4) is 0 Å². The Bertz CT molecular complexity index is 830. The molecule has 0 aliphatic heterocycles. The zero-order chi connectivity index (χ0) is 18.0. The SMILES string of the molecule is CC(C)(C)OC(=O)N[C@H]1[C@@H]2C[C@@](O)(c3cc(Cl)cc4[nH]ncc34)C[C@@H]21. The van der Waals surface area contributed by atoms with Crippen LogP contribution >= 0.6 is 11.6 Å². The Kier molecular flexibility index (Phi) is 3.57. The van der Waals surface area contributed by atoms with E-state index in [1.54, 1.807) is 12.3 Å². The second kappa shape index (κ2) is 5.35. The number of nitrogens with zero attached hydrogens (tertiary/aromatic N) is 1. The first kappa shape index (κ1) is 16.7. The van der Waals surface area contributed by atoms with Crippen molar-refractivity contribution in [1.29, 1.82) is 0 Å². The van der Waals surface area contributed by atoms with Crippen molar-refractivity contribution in [3.8, 4) is 0 Å². The number of hydrogen-bond donors (Lipinski definition) is 3. The van der Waals surface area contributed by atoms with Crippen molar-refractivity contribution in [2.75, 3.05) is 0 Å². The van der Waals surface area contributed by atoms with Crippen LogP contribution in [0.4, 0.5) is 4.79 Å². The predicted octanol–water partition coefficient (Wildman–Crippen LogP) is 3.34. The van der Waals surface area contributed by atoms with E-state index < -0.39 is 17.3 Å². The first-order chi connectivity index (χ1) is 11.7. The fourth-order valence-corrected chi connectivity index (χ4v) is 4.36. The first-order valence-corrected chi connectivity index (χ1v) is 8.89. The molecule has 2 fully saturated rings. The molecule has 2 aliphatic carbocycles. The van der Waals surface area contributed by atoms with Crippen LogP contribution in [-0.4, -0.2) is 33.0 Å². The molecule has 1 aromatic carbocycles. The summed E-state index contributed by atoms with van der Waals surface area (Å²) in [5.41, 5.74) is 0.184. The Balaban J connectivity index is 1.48. The molecule has 0 saturated heterocycles. The summed E-state index contributed by atoms with van der Waals surface area (Å²) >= 11 is 6.20. The van der Waals surface area contributed by atoms with Gasteiger partial charge in [-0.15, -0.1) is 0 Å². The van der Waals surface area contributed by atoms with Gasteiger partial charge in [-0.05, 0) is 63.1 Å². The van der Waals surface area contributed by atoms with Crippen molar-refractivity contribution in [2.45, 2.75) is 50.9 Å². The maximum atomic E-state index is 11.9. The minimum absolute atomic E-state index is 0.0779. The Morgan fingerprint density at radius 2 is 2.08 bits per heavy atom. The fraction of sp³-hybridized carbons (Fsp3) is 0.556. The zero-order valence-corrected chi connectivity index (χ0v) is 15.2. The van der Waals surface area contributed by atoms with Gasteiger partial charge in [-0.3, -0.25) is 5.10 Å². The van der Waals surface area contributed by atoms with Crippen LogP contribution in [0, 0.1) is 11.8 Å². The summed E-state index contributed by atoms with van der Waals surface area (Å²) in [5.74, 6) is 0.525. The molecule has 1 heterocycles. The number of aromatic nitrogens is 2. The van der Waals surface area contributed by atoms with Crippen LogP contribution in [0.2, 0.25) is 5.02 Å². The lowest BCUT2D eigenvalue weighted by Gasteiger charge is -2.28. The Hall–Kier alpha value is -1.79. The number of aliphatic hydroxyl groups is 1. The molecule has 134 valence electrons. The second-order valence-corrected chi connectivity index (χ2v) is 8.66. The highest BCUT2D eigenvalue weighted by Gasteiger charge is 2.62. The molecular weight excluding hydrogens is 342 g/mol. The number of aromatic amines is 1. The number of carbonyl (C=O) groups is 1. The molecule has 0 bridgehead atoms. The van der Waals surface area contributed by atoms with Crippen molar-refractivity contribution in [2.24, 2.45) is 11.8 Å². The molecule has 0 unspecified atom stereocenters. The molecule has 0 radical (unpaired) electrons. The quantitative estimate of drug-likeness (QED) is 0.763. The number of fused-ring (bicyclic) bond motifs is 2. The second-order valence-electron chi connectivity index (χ2n) is 8.22. The highest BCUT2D eigenvalue weighted by atomic mass is 35.5. The Morgan fingerprint density at radius 1 is 1.40 bits per heavy atom. The highest BCUT2D eigenvalue weighted by molar-refractivity contribution is 6.31. The van der Waals surface area contributed by atoms with Crippen molar-refractivity contribution < 1.29 is 14.6 Å². The van der Waals surface area contributed by atoms with Crippen molar-refractivity contribution in [3.63, 3.8) is 0 Å². The molecule has 2 saturated carbocycles. The number of benzene rings is 1. The molecule has 6 nitrogen and oxygen atoms in total. The van der Waals surface area contributed by atoms with Crippen LogP contribution in [0.15, 0.2) is 18.3 Å². The minimum Gasteiger partial charge on any atom is -0.444 e. The highest BCUT2D eigenvalue weighted by Crippen LogP contribution is 2.60. The lowest BCUT2D eigenvalue weighted by Crippen LogP contribution is -2.37. The summed E-state index contributed by atoms with van der Waals surface area (Å²) in [4.78, 5) is 11.9. The summed E-state index contributed by atoms with van der Waals surface area (Å²) in [5, 5.41) is 22.6. The van der Waals surface area contributed by atoms with Gasteiger partial charge in [-0.1, -0.05) is 11.6 Å². The van der Waals surface area contributed by atoms with E-state index in [1.165, 1.54) is 0 Å². The molecule has 1 amide bonds. The van der Waals surface area contributed by atoms with E-state index >= 15 is 0 Å². The molecule has 3 N–H and O–H groups in total. The number of amides is 1. The number of halogens is 1. The van der Waals surface area contributed by atoms with E-state index in [1.807, 2.05) is 26.8 Å². The molecule has 7 heteroatoms. The van der Waals surface area contributed by atoms with E-state index in [2.05, 4.69) is 15.5 Å². The van der Waals surface area contributed by atoms with Crippen LogP contribution in [0.25, 0.3) is 10.9 Å². The molecule has 2 aliphatic rings. The van der Waals surface area contributed by atoms with Crippen molar-refractivity contribution in [3.05, 3.63) is 28.9 Å². The van der Waals surface area contributed by atoms with Gasteiger partial charge in [0.1, 0.15) is 5.60 Å². The van der Waals surface area contributed by atoms with Gasteiger partial charge in [0, 0.05) is 16.5 Å². The van der Waals surface area contributed by atoms with Gasteiger partial charge in [-0.25, -0.2) is 4.79 Å². The van der Waals surface area contributed by atoms with E-state index in [0.29, 0.717) is 17.9 Å². The van der Waals surface area contributed by atoms with Gasteiger partial charge in [-0.2, -0.15) is 5.10 Å². The summed E-state index contributed by atoms with van der Waals surface area (Å²) < 4.78 is 5.31. The zero-order valence-electron chi connectivity index (χ0n) is 14.5. The van der Waals surface area contributed by atoms with Gasteiger partial charge >= 0.3 is 6.09 Å². The lowest BCUT2D eigenvalue weighted by molar-refractivity contribution is 0.0261. The third-order valence-corrected chi connectivity index (χ3v) is 5.40. The summed E-state index contributed by atoms with van der Waals surface area (Å²) in [7, 11) is 0. The summed E-state index contributed by atoms with van der Waals surface area (Å²) in [6, 6.07) is 3.70. The maximum absolute atomic E-state index is 11.9. The van der Waals surface area contributed by atoms with Gasteiger partial charge in [0.2, 0.25) is 0 Å². The van der Waals surface area contributed by atoms with Gasteiger partial charge < -0.3 is 15.2 Å². The van der Waals surface area contributed by atoms with Gasteiger partial charge in [0.25, 0.3) is 0 Å². The van der Waals surface area contributed by atoms with E-state index in [0.717, 1.165) is 16.5 Å². The standard InChI is InChI=1S/C18H22ClN3O3/c1-17(2,3)25-16(23)21-15-10-6-18(24,7-11(10)15)13-4-9(19)5-14-12(13)8-20-22-14/h4-5,8,10-11,15,24H,6-7H2,1-3H3,(H,20,22)(H,21,23)/t10-,11+,15+,18+. The minimum atomic E-state index is -0.936. The summed E-state index contributed by atoms with van der Waals surface area (Å²) in [6.07, 6.45) is 2.52. The number of nitrogens with one attached hydrogen (secondary N) is 2. The number of alkyl carbamates (subject to hydrolysis) is 1. The average Bonchev–Trinajstić information content (AvgIpc) is 2.89. The topological polar surface area (TPSA) is 87.2 Å². The lowest BCUT2D eigenvalue weighted by atomic mass is 9.86. The number of rotatable bonds is 2. The first-order valence-electron chi connectivity index (χ1n) is 8.51. The maximum Gasteiger partial charge on any atom is 0.407 e. The van der Waals surface area contributed by atoms with Crippen molar-refractivity contribution in [1.82, 2.24) is 15.5 Å². The molecular formula is C18H22ClN3O3. The monoisotopic (exact) mass is 363 g/mol. The normalized spacial score (nSPS) is 31.0. The average molecular weight is 364 g/mol. The Morgan fingerprint density at radius 3 is 2.72 bits per heavy atom. The number of hydrogen-bond acceptors (Lipinski definition) is 4. The third kappa shape index (κ3) is 2.98. The van der Waals surface area contributed by atoms with E-state index in [4.69, 9.17) is 16.3 Å². The molecule has 1 aromatic heterocycles. The number of H-pyrrole nitrogens is 1. The molecule has 0 spiro atoms. The molecule has 4 rings (SSSR count). The Labute approximate surface area is 150 Å². The summed E-state index contributed by atoms with van der Waals surface area (Å²) in [6.45, 7) is 5.52. The smallest absolute Gasteiger partial charge is 0.407 e. The fourth-order valence-electron chi connectivity index (χ4n) is 4.14. The number of carbonyl (C=O) groups excluding carboxylic acids is 1. The molecule has 2 aromatic rings. The van der Waals surface area contributed by atoms with Gasteiger partial charge in [0.05, 0.1) is 17.3 Å². The largest absolute Gasteiger partial charge is 0.444 e. The van der Waals surface area contributed by atoms with Crippen LogP contribution in [-0.2, 0) is 10.3 Å². The van der Waals surface area contributed by atoms with E-state index in [9.17, 15) is 9.90 Å². The molecule has 25 heavy (non-hydrogen) atoms. The van der Waals surface area contributed by atoms with Crippen LogP contribution < -0.4 is 5.32 Å². The van der Waals surface area contributed by atoms with E-state index in [-0.39, 0.29) is 17.9 Å². The third-order valence-electron chi connectivity index (χ3n) is 5.19. The number of ether oxygens (including phenoxy) is 1. The van der Waals surface area contributed by atoms with Crippen molar-refractivity contribution >= 4 is 28.6 Å². The van der Waals surface area contributed by atoms with Gasteiger partial charge in [0.15, 0.2) is 0 Å². The van der Waals surface area contributed by atoms with Crippen LogP contribution in [0.5, 0.6) is 0 Å². The van der Waals surface area contributed by atoms with Crippen LogP contribution in [0.1, 0.15) is 39.2 Å². The predicted molar refractivity (Wildman–Crippen MR) is 94.4 cm³/mol. The molecule has 4 atom stereocenters.